The highest BCUT2D eigenvalue weighted by Gasteiger charge is 2.16. The molecule has 0 spiro atoms. The first-order chi connectivity index (χ1) is 8.88. The third-order valence-corrected chi connectivity index (χ3v) is 2.40. The highest BCUT2D eigenvalue weighted by atomic mass is 35.5. The molecule has 1 atom stereocenters. The Morgan fingerprint density at radius 3 is 2.63 bits per heavy atom. The fourth-order valence-electron chi connectivity index (χ4n) is 1.31. The van der Waals surface area contributed by atoms with Gasteiger partial charge in [-0.05, 0) is 39.0 Å². The number of allylic oxidation sites excluding steroid dienone is 1. The molecule has 0 aliphatic rings. The number of anilines is 1. The summed E-state index contributed by atoms with van der Waals surface area (Å²) in [5.41, 5.74) is 1.37. The van der Waals surface area contributed by atoms with Gasteiger partial charge in [0.05, 0.1) is 0 Å². The van der Waals surface area contributed by atoms with E-state index in [9.17, 15) is 9.59 Å². The van der Waals surface area contributed by atoms with Crippen LogP contribution in [0.4, 0.5) is 5.69 Å². The van der Waals surface area contributed by atoms with Crippen LogP contribution in [-0.4, -0.2) is 18.0 Å². The van der Waals surface area contributed by atoms with Gasteiger partial charge in [-0.1, -0.05) is 23.2 Å². The van der Waals surface area contributed by atoms with E-state index in [2.05, 4.69) is 5.32 Å². The van der Waals surface area contributed by atoms with Crippen molar-refractivity contribution in [2.24, 2.45) is 0 Å². The van der Waals surface area contributed by atoms with Crippen LogP contribution in [0, 0.1) is 0 Å². The number of ether oxygens (including phenoxy) is 1. The summed E-state index contributed by atoms with van der Waals surface area (Å²) in [7, 11) is 0. The first-order valence-corrected chi connectivity index (χ1v) is 6.18. The molecular formula is C14H16ClNO3. The number of rotatable bonds is 4. The lowest BCUT2D eigenvalue weighted by Gasteiger charge is -2.12. The van der Waals surface area contributed by atoms with Gasteiger partial charge in [-0.3, -0.25) is 4.79 Å². The molecule has 0 bridgehead atoms. The van der Waals surface area contributed by atoms with Crippen molar-refractivity contribution in [3.63, 3.8) is 0 Å². The molecular weight excluding hydrogens is 266 g/mol. The van der Waals surface area contributed by atoms with Crippen LogP contribution in [0.3, 0.4) is 0 Å². The van der Waals surface area contributed by atoms with Crippen LogP contribution in [0.25, 0.3) is 0 Å². The summed E-state index contributed by atoms with van der Waals surface area (Å²) in [5, 5.41) is 3.14. The predicted molar refractivity (Wildman–Crippen MR) is 75.1 cm³/mol. The van der Waals surface area contributed by atoms with Crippen LogP contribution >= 0.6 is 11.6 Å². The Morgan fingerprint density at radius 1 is 1.37 bits per heavy atom. The quantitative estimate of drug-likeness (QED) is 0.681. The van der Waals surface area contributed by atoms with Crippen LogP contribution in [0.5, 0.6) is 0 Å². The van der Waals surface area contributed by atoms with Crippen LogP contribution in [-0.2, 0) is 14.3 Å². The Labute approximate surface area is 117 Å². The Balaban J connectivity index is 2.58. The Morgan fingerprint density at radius 2 is 2.05 bits per heavy atom. The molecule has 0 fully saturated rings. The van der Waals surface area contributed by atoms with Crippen molar-refractivity contribution in [1.82, 2.24) is 0 Å². The lowest BCUT2D eigenvalue weighted by atomic mass is 10.3. The number of hydrogen-bond donors (Lipinski definition) is 1. The predicted octanol–water partition coefficient (Wildman–Crippen LogP) is 3.18. The van der Waals surface area contributed by atoms with Crippen molar-refractivity contribution >= 4 is 29.2 Å². The Kier molecular flexibility index (Phi) is 5.57. The largest absolute Gasteiger partial charge is 0.449 e. The van der Waals surface area contributed by atoms with E-state index in [4.69, 9.17) is 16.3 Å². The van der Waals surface area contributed by atoms with Crippen molar-refractivity contribution in [3.05, 3.63) is 40.9 Å². The maximum absolute atomic E-state index is 11.8. The highest BCUT2D eigenvalue weighted by Crippen LogP contribution is 2.15. The molecule has 1 rings (SSSR count). The molecule has 19 heavy (non-hydrogen) atoms. The summed E-state index contributed by atoms with van der Waals surface area (Å²) in [6.07, 6.45) is 0.463. The van der Waals surface area contributed by atoms with Gasteiger partial charge in [0, 0.05) is 16.8 Å². The molecule has 4 nitrogen and oxygen atoms in total. The van der Waals surface area contributed by atoms with Crippen LogP contribution in [0.15, 0.2) is 35.9 Å². The zero-order valence-corrected chi connectivity index (χ0v) is 11.8. The monoisotopic (exact) mass is 281 g/mol. The maximum atomic E-state index is 11.8. The summed E-state index contributed by atoms with van der Waals surface area (Å²) < 4.78 is 4.97. The number of esters is 1. The van der Waals surface area contributed by atoms with E-state index >= 15 is 0 Å². The Bertz CT molecular complexity index is 507. The first-order valence-electron chi connectivity index (χ1n) is 5.80. The van der Waals surface area contributed by atoms with Gasteiger partial charge >= 0.3 is 5.97 Å². The van der Waals surface area contributed by atoms with Crippen molar-refractivity contribution in [2.45, 2.75) is 26.9 Å². The lowest BCUT2D eigenvalue weighted by molar-refractivity contribution is -0.148. The fourth-order valence-corrected chi connectivity index (χ4v) is 1.50. The third-order valence-electron chi connectivity index (χ3n) is 2.16. The molecule has 102 valence electrons. The second kappa shape index (κ2) is 6.95. The second-order valence-electron chi connectivity index (χ2n) is 4.30. The zero-order chi connectivity index (χ0) is 14.4. The highest BCUT2D eigenvalue weighted by molar-refractivity contribution is 6.30. The molecule has 1 aromatic carbocycles. The summed E-state index contributed by atoms with van der Waals surface area (Å²) in [5.74, 6) is -0.938. The van der Waals surface area contributed by atoms with E-state index in [1.165, 1.54) is 13.0 Å². The molecule has 0 heterocycles. The molecule has 1 N–H and O–H groups in total. The van der Waals surface area contributed by atoms with Crippen molar-refractivity contribution in [1.29, 1.82) is 0 Å². The molecule has 0 saturated carbocycles. The molecule has 1 aromatic rings. The van der Waals surface area contributed by atoms with Gasteiger partial charge in [-0.25, -0.2) is 4.79 Å². The fraction of sp³-hybridized carbons (Fsp3) is 0.286. The molecule has 0 aliphatic heterocycles. The summed E-state index contributed by atoms with van der Waals surface area (Å²) in [6, 6.07) is 6.74. The van der Waals surface area contributed by atoms with Gasteiger partial charge in [0.1, 0.15) is 0 Å². The summed E-state index contributed by atoms with van der Waals surface area (Å²) in [4.78, 5) is 23.2. The van der Waals surface area contributed by atoms with Crippen LogP contribution in [0.1, 0.15) is 20.8 Å². The molecule has 0 aliphatic carbocycles. The van der Waals surface area contributed by atoms with Crippen molar-refractivity contribution in [3.8, 4) is 0 Å². The smallest absolute Gasteiger partial charge is 0.331 e. The van der Waals surface area contributed by atoms with Crippen molar-refractivity contribution < 1.29 is 14.3 Å². The number of halogens is 1. The second-order valence-corrected chi connectivity index (χ2v) is 4.74. The van der Waals surface area contributed by atoms with Crippen molar-refractivity contribution in [2.75, 3.05) is 5.32 Å². The number of amides is 1. The average Bonchev–Trinajstić information content (AvgIpc) is 2.27. The topological polar surface area (TPSA) is 55.4 Å². The molecule has 1 amide bonds. The van der Waals surface area contributed by atoms with Gasteiger partial charge in [0.15, 0.2) is 6.10 Å². The number of hydrogen-bond acceptors (Lipinski definition) is 3. The van der Waals surface area contributed by atoms with E-state index in [0.29, 0.717) is 10.7 Å². The standard InChI is InChI=1S/C14H16ClNO3/c1-9(2)7-13(17)19-10(3)14(18)16-12-6-4-5-11(15)8-12/h4-8,10H,1-3H3,(H,16,18)/t10-/m1/s1. The number of carbonyl (C=O) groups excluding carboxylic acids is 2. The van der Waals surface area contributed by atoms with Gasteiger partial charge < -0.3 is 10.1 Å². The summed E-state index contributed by atoms with van der Waals surface area (Å²) in [6.45, 7) is 5.06. The molecule has 0 unspecified atom stereocenters. The van der Waals surface area contributed by atoms with E-state index in [-0.39, 0.29) is 0 Å². The third kappa shape index (κ3) is 5.57. The number of carbonyl (C=O) groups is 2. The zero-order valence-electron chi connectivity index (χ0n) is 11.1. The lowest BCUT2D eigenvalue weighted by Crippen LogP contribution is -2.29. The van der Waals surface area contributed by atoms with Crippen LogP contribution in [0.2, 0.25) is 5.02 Å². The van der Waals surface area contributed by atoms with Gasteiger partial charge in [0.25, 0.3) is 5.91 Å². The van der Waals surface area contributed by atoms with E-state index in [1.807, 2.05) is 0 Å². The van der Waals surface area contributed by atoms with Gasteiger partial charge in [-0.15, -0.1) is 0 Å². The average molecular weight is 282 g/mol. The van der Waals surface area contributed by atoms with E-state index < -0.39 is 18.0 Å². The SMILES string of the molecule is CC(C)=CC(=O)O[C@H](C)C(=O)Nc1cccc(Cl)c1. The normalized spacial score (nSPS) is 11.4. The number of nitrogens with one attached hydrogen (secondary N) is 1. The number of benzene rings is 1. The van der Waals surface area contributed by atoms with Gasteiger partial charge in [0.2, 0.25) is 0 Å². The molecule has 5 heteroatoms. The van der Waals surface area contributed by atoms with Gasteiger partial charge in [-0.2, -0.15) is 0 Å². The minimum Gasteiger partial charge on any atom is -0.449 e. The molecule has 0 saturated heterocycles. The van der Waals surface area contributed by atoms with Crippen LogP contribution < -0.4 is 5.32 Å². The molecule has 0 aromatic heterocycles. The maximum Gasteiger partial charge on any atom is 0.331 e. The summed E-state index contributed by atoms with van der Waals surface area (Å²) >= 11 is 5.81. The minimum atomic E-state index is -0.873. The Hall–Kier alpha value is -1.81. The van der Waals surface area contributed by atoms with E-state index in [0.717, 1.165) is 5.57 Å². The minimum absolute atomic E-state index is 0.405. The van der Waals surface area contributed by atoms with E-state index in [1.54, 1.807) is 38.1 Å². The molecule has 0 radical (unpaired) electrons. The first kappa shape index (κ1) is 15.2.